The average molecular weight is 368 g/mol. The quantitative estimate of drug-likeness (QED) is 0.878. The van der Waals surface area contributed by atoms with Crippen molar-refractivity contribution in [3.05, 3.63) is 42.5 Å². The number of anilines is 1. The van der Waals surface area contributed by atoms with Gasteiger partial charge in [-0.2, -0.15) is 0 Å². The molecule has 4 rings (SSSR count). The van der Waals surface area contributed by atoms with Crippen LogP contribution in [-0.4, -0.2) is 63.5 Å². The Labute approximate surface area is 158 Å². The summed E-state index contributed by atoms with van der Waals surface area (Å²) in [6.07, 6.45) is 4.47. The molecule has 1 aromatic heterocycles. The van der Waals surface area contributed by atoms with Crippen LogP contribution in [0.4, 0.5) is 10.5 Å². The zero-order chi connectivity index (χ0) is 19.1. The second kappa shape index (κ2) is 6.70. The molecule has 0 saturated carbocycles. The third-order valence-electron chi connectivity index (χ3n) is 5.52. The van der Waals surface area contributed by atoms with Gasteiger partial charge < -0.3 is 20.1 Å². The molecule has 2 atom stereocenters. The summed E-state index contributed by atoms with van der Waals surface area (Å²) in [5.41, 5.74) is 7.93. The summed E-state index contributed by atoms with van der Waals surface area (Å²) in [5, 5.41) is 0. The van der Waals surface area contributed by atoms with Crippen molar-refractivity contribution in [2.24, 2.45) is 5.73 Å². The predicted molar refractivity (Wildman–Crippen MR) is 102 cm³/mol. The number of nitrogens with zero attached hydrogens (tertiary/aromatic N) is 5. The second-order valence-electron chi connectivity index (χ2n) is 7.21. The highest BCUT2D eigenvalue weighted by Crippen LogP contribution is 2.30. The summed E-state index contributed by atoms with van der Waals surface area (Å²) < 4.78 is 1.95. The number of nitrogens with two attached hydrogens (primary N) is 1. The van der Waals surface area contributed by atoms with E-state index in [1.54, 1.807) is 23.0 Å². The Morgan fingerprint density at radius 3 is 2.67 bits per heavy atom. The zero-order valence-electron chi connectivity index (χ0n) is 15.6. The molecule has 2 fully saturated rings. The van der Waals surface area contributed by atoms with Crippen LogP contribution >= 0.6 is 0 Å². The van der Waals surface area contributed by atoms with Gasteiger partial charge in [0.25, 0.3) is 0 Å². The maximum absolute atomic E-state index is 12.6. The first-order chi connectivity index (χ1) is 13.0. The monoisotopic (exact) mass is 368 g/mol. The van der Waals surface area contributed by atoms with E-state index in [1.165, 1.54) is 6.92 Å². The molecule has 142 valence electrons. The Balaban J connectivity index is 1.53. The van der Waals surface area contributed by atoms with Crippen LogP contribution in [-0.2, 0) is 11.3 Å². The molecule has 2 saturated heterocycles. The third-order valence-corrected chi connectivity index (χ3v) is 5.52. The number of urea groups is 1. The third kappa shape index (κ3) is 3.06. The molecule has 2 aliphatic rings. The number of aromatic nitrogens is 2. The van der Waals surface area contributed by atoms with Crippen molar-refractivity contribution in [3.63, 3.8) is 0 Å². The SMILES string of the molecule is CC(=O)N(C)Cc1nccn1-c1ccc(N2C[C@@H]3[C@H](N)CCN3C2=O)cc1. The summed E-state index contributed by atoms with van der Waals surface area (Å²) in [4.78, 5) is 33.8. The first kappa shape index (κ1) is 17.5. The average Bonchev–Trinajstić information content (AvgIpc) is 3.34. The Morgan fingerprint density at radius 2 is 2.00 bits per heavy atom. The van der Waals surface area contributed by atoms with Crippen LogP contribution in [0.25, 0.3) is 5.69 Å². The van der Waals surface area contributed by atoms with Crippen molar-refractivity contribution in [2.45, 2.75) is 32.0 Å². The van der Waals surface area contributed by atoms with Gasteiger partial charge in [-0.25, -0.2) is 9.78 Å². The molecular weight excluding hydrogens is 344 g/mol. The van der Waals surface area contributed by atoms with Gasteiger partial charge in [0.1, 0.15) is 5.82 Å². The van der Waals surface area contributed by atoms with Crippen molar-refractivity contribution < 1.29 is 9.59 Å². The minimum Gasteiger partial charge on any atom is -0.339 e. The molecule has 3 heterocycles. The standard InChI is InChI=1S/C19H24N6O2/c1-13(26)22(2)12-18-21-8-10-23(18)14-3-5-15(6-4-14)25-11-17-16(20)7-9-24(17)19(25)27/h3-6,8,10,16-17H,7,9,11-12,20H2,1-2H3/t16-,17-/m1/s1. The highest BCUT2D eigenvalue weighted by Gasteiger charge is 2.44. The van der Waals surface area contributed by atoms with Gasteiger partial charge in [-0.05, 0) is 30.7 Å². The fourth-order valence-corrected chi connectivity index (χ4v) is 3.79. The molecule has 2 aromatic rings. The number of benzene rings is 1. The van der Waals surface area contributed by atoms with E-state index < -0.39 is 0 Å². The molecule has 2 N–H and O–H groups in total. The molecule has 27 heavy (non-hydrogen) atoms. The van der Waals surface area contributed by atoms with Crippen LogP contribution in [0.2, 0.25) is 0 Å². The molecule has 0 radical (unpaired) electrons. The number of carbonyl (C=O) groups excluding carboxylic acids is 2. The van der Waals surface area contributed by atoms with Crippen molar-refractivity contribution in [1.29, 1.82) is 0 Å². The maximum Gasteiger partial charge on any atom is 0.324 e. The minimum absolute atomic E-state index is 0.00815. The Bertz CT molecular complexity index is 861. The van der Waals surface area contributed by atoms with E-state index >= 15 is 0 Å². The minimum atomic E-state index is -0.00815. The fourth-order valence-electron chi connectivity index (χ4n) is 3.79. The highest BCUT2D eigenvalue weighted by molar-refractivity contribution is 5.95. The van der Waals surface area contributed by atoms with Crippen LogP contribution in [0.5, 0.6) is 0 Å². The lowest BCUT2D eigenvalue weighted by Crippen LogP contribution is -2.37. The zero-order valence-corrected chi connectivity index (χ0v) is 15.6. The van der Waals surface area contributed by atoms with Crippen LogP contribution in [0.15, 0.2) is 36.7 Å². The van der Waals surface area contributed by atoms with Gasteiger partial charge >= 0.3 is 6.03 Å². The van der Waals surface area contributed by atoms with E-state index in [0.717, 1.165) is 30.2 Å². The first-order valence-electron chi connectivity index (χ1n) is 9.14. The van der Waals surface area contributed by atoms with E-state index in [0.29, 0.717) is 13.1 Å². The molecule has 8 heteroatoms. The number of fused-ring (bicyclic) bond motifs is 1. The van der Waals surface area contributed by atoms with Gasteiger partial charge in [-0.15, -0.1) is 0 Å². The van der Waals surface area contributed by atoms with Crippen molar-refractivity contribution in [3.8, 4) is 5.69 Å². The van der Waals surface area contributed by atoms with Crippen LogP contribution in [0.1, 0.15) is 19.2 Å². The predicted octanol–water partition coefficient (Wildman–Crippen LogP) is 1.19. The summed E-state index contributed by atoms with van der Waals surface area (Å²) in [6, 6.07) is 8.02. The number of imidazole rings is 1. The van der Waals surface area contributed by atoms with Gasteiger partial charge in [0.15, 0.2) is 0 Å². The normalized spacial score (nSPS) is 21.7. The molecule has 2 aliphatic heterocycles. The first-order valence-corrected chi connectivity index (χ1v) is 9.14. The summed E-state index contributed by atoms with van der Waals surface area (Å²) >= 11 is 0. The van der Waals surface area contributed by atoms with Gasteiger partial charge in [-0.1, -0.05) is 0 Å². The van der Waals surface area contributed by atoms with E-state index in [-0.39, 0.29) is 24.0 Å². The molecular formula is C19H24N6O2. The number of rotatable bonds is 4. The van der Waals surface area contributed by atoms with Crippen LogP contribution < -0.4 is 10.6 Å². The number of hydrogen-bond donors (Lipinski definition) is 1. The summed E-state index contributed by atoms with van der Waals surface area (Å²) in [6.45, 7) is 3.34. The number of carbonyl (C=O) groups is 2. The van der Waals surface area contributed by atoms with Gasteiger partial charge in [0.2, 0.25) is 5.91 Å². The topological polar surface area (TPSA) is 87.7 Å². The van der Waals surface area contributed by atoms with E-state index in [1.807, 2.05) is 39.9 Å². The second-order valence-corrected chi connectivity index (χ2v) is 7.21. The van der Waals surface area contributed by atoms with Crippen molar-refractivity contribution >= 4 is 17.6 Å². The van der Waals surface area contributed by atoms with E-state index in [9.17, 15) is 9.59 Å². The van der Waals surface area contributed by atoms with E-state index in [2.05, 4.69) is 4.98 Å². The molecule has 8 nitrogen and oxygen atoms in total. The number of amides is 3. The van der Waals surface area contributed by atoms with Gasteiger partial charge in [0, 0.05) is 56.9 Å². The lowest BCUT2D eigenvalue weighted by atomic mass is 10.1. The Kier molecular flexibility index (Phi) is 4.35. The van der Waals surface area contributed by atoms with Crippen LogP contribution in [0.3, 0.4) is 0 Å². The molecule has 3 amide bonds. The van der Waals surface area contributed by atoms with Gasteiger partial charge in [-0.3, -0.25) is 9.69 Å². The molecule has 0 bridgehead atoms. The number of hydrogen-bond acceptors (Lipinski definition) is 4. The van der Waals surface area contributed by atoms with E-state index in [4.69, 9.17) is 5.73 Å². The Hall–Kier alpha value is -2.87. The van der Waals surface area contributed by atoms with Crippen molar-refractivity contribution in [2.75, 3.05) is 25.0 Å². The highest BCUT2D eigenvalue weighted by atomic mass is 16.2. The maximum atomic E-state index is 12.6. The lowest BCUT2D eigenvalue weighted by Gasteiger charge is -2.19. The largest absolute Gasteiger partial charge is 0.339 e. The van der Waals surface area contributed by atoms with Crippen LogP contribution in [0, 0.1) is 0 Å². The Morgan fingerprint density at radius 1 is 1.30 bits per heavy atom. The van der Waals surface area contributed by atoms with Crippen molar-refractivity contribution in [1.82, 2.24) is 19.4 Å². The molecule has 1 aromatic carbocycles. The smallest absolute Gasteiger partial charge is 0.324 e. The molecule has 0 unspecified atom stereocenters. The molecule has 0 aliphatic carbocycles. The fraction of sp³-hybridized carbons (Fsp3) is 0.421. The summed E-state index contributed by atoms with van der Waals surface area (Å²) in [7, 11) is 1.75. The lowest BCUT2D eigenvalue weighted by molar-refractivity contribution is -0.128. The molecule has 0 spiro atoms. The summed E-state index contributed by atoms with van der Waals surface area (Å²) in [5.74, 6) is 0.774. The van der Waals surface area contributed by atoms with Gasteiger partial charge in [0.05, 0.1) is 12.6 Å².